The van der Waals surface area contributed by atoms with Crippen LogP contribution in [-0.2, 0) is 11.3 Å². The van der Waals surface area contributed by atoms with E-state index in [1.54, 1.807) is 0 Å². The van der Waals surface area contributed by atoms with Gasteiger partial charge in [0.1, 0.15) is 5.82 Å². The van der Waals surface area contributed by atoms with Gasteiger partial charge in [0.15, 0.2) is 0 Å². The Hall–Kier alpha value is -3.37. The molecule has 5 heteroatoms. The summed E-state index contributed by atoms with van der Waals surface area (Å²) in [5, 5.41) is 0.632. The minimum Gasteiger partial charge on any atom is -0.324 e. The van der Waals surface area contributed by atoms with Crippen molar-refractivity contribution in [3.63, 3.8) is 0 Å². The molecule has 2 heterocycles. The predicted molar refractivity (Wildman–Crippen MR) is 126 cm³/mol. The monoisotopic (exact) mass is 427 g/mol. The highest BCUT2D eigenvalue weighted by atomic mass is 35.5. The van der Waals surface area contributed by atoms with Crippen molar-refractivity contribution in [1.82, 2.24) is 9.55 Å². The number of rotatable bonds is 5. The second-order valence-electron chi connectivity index (χ2n) is 7.77. The maximum atomic E-state index is 12.8. The molecule has 1 saturated heterocycles. The molecule has 1 aliphatic heterocycles. The molecular formula is C26H22ClN3O. The van der Waals surface area contributed by atoms with Crippen LogP contribution < -0.4 is 4.90 Å². The summed E-state index contributed by atoms with van der Waals surface area (Å²) in [5.74, 6) is 1.09. The number of hydrogen-bond donors (Lipinski definition) is 0. The number of para-hydroxylation sites is 2. The summed E-state index contributed by atoms with van der Waals surface area (Å²) in [4.78, 5) is 19.6. The summed E-state index contributed by atoms with van der Waals surface area (Å²) in [6.45, 7) is 1.30. The maximum absolute atomic E-state index is 12.8. The number of carbonyl (C=O) groups is 1. The van der Waals surface area contributed by atoms with E-state index in [0.29, 0.717) is 24.5 Å². The van der Waals surface area contributed by atoms with Crippen LogP contribution in [0.25, 0.3) is 17.1 Å². The third-order valence-corrected chi connectivity index (χ3v) is 5.93. The molecule has 1 unspecified atom stereocenters. The zero-order chi connectivity index (χ0) is 21.2. The quantitative estimate of drug-likeness (QED) is 0.396. The van der Waals surface area contributed by atoms with E-state index >= 15 is 0 Å². The smallest absolute Gasteiger partial charge is 0.227 e. The summed E-state index contributed by atoms with van der Waals surface area (Å²) in [5.41, 5.74) is 4.05. The van der Waals surface area contributed by atoms with E-state index in [1.165, 1.54) is 0 Å². The van der Waals surface area contributed by atoms with Crippen LogP contribution in [0.3, 0.4) is 0 Å². The Bertz CT molecular complexity index is 1260. The van der Waals surface area contributed by atoms with Gasteiger partial charge >= 0.3 is 0 Å². The van der Waals surface area contributed by atoms with Crippen LogP contribution in [-0.4, -0.2) is 22.0 Å². The van der Waals surface area contributed by atoms with Gasteiger partial charge in [-0.1, -0.05) is 72.3 Å². The van der Waals surface area contributed by atoms with Crippen molar-refractivity contribution in [3.05, 3.63) is 101 Å². The topological polar surface area (TPSA) is 38.1 Å². The second-order valence-corrected chi connectivity index (χ2v) is 8.20. The van der Waals surface area contributed by atoms with Gasteiger partial charge in [-0.25, -0.2) is 4.98 Å². The number of allylic oxidation sites excluding steroid dienone is 1. The van der Waals surface area contributed by atoms with Crippen molar-refractivity contribution in [3.8, 4) is 0 Å². The number of halogens is 1. The van der Waals surface area contributed by atoms with Crippen molar-refractivity contribution in [2.24, 2.45) is 0 Å². The van der Waals surface area contributed by atoms with E-state index < -0.39 is 0 Å². The van der Waals surface area contributed by atoms with Crippen molar-refractivity contribution in [2.45, 2.75) is 18.9 Å². The average molecular weight is 428 g/mol. The van der Waals surface area contributed by atoms with Gasteiger partial charge in [0.2, 0.25) is 5.91 Å². The molecule has 0 radical (unpaired) electrons. The third-order valence-electron chi connectivity index (χ3n) is 5.69. The van der Waals surface area contributed by atoms with Crippen molar-refractivity contribution in [1.29, 1.82) is 0 Å². The first-order valence-electron chi connectivity index (χ1n) is 10.4. The Balaban J connectivity index is 1.46. The molecule has 0 saturated carbocycles. The van der Waals surface area contributed by atoms with Crippen molar-refractivity contribution >= 4 is 40.3 Å². The number of amides is 1. The third kappa shape index (κ3) is 3.99. The Morgan fingerprint density at radius 1 is 1.00 bits per heavy atom. The van der Waals surface area contributed by atoms with Crippen molar-refractivity contribution in [2.75, 3.05) is 11.4 Å². The van der Waals surface area contributed by atoms with E-state index in [9.17, 15) is 4.79 Å². The van der Waals surface area contributed by atoms with E-state index in [-0.39, 0.29) is 11.8 Å². The molecule has 3 aromatic carbocycles. The summed E-state index contributed by atoms with van der Waals surface area (Å²) in [7, 11) is 0. The van der Waals surface area contributed by atoms with E-state index in [2.05, 4.69) is 34.9 Å². The molecule has 1 fully saturated rings. The average Bonchev–Trinajstić information content (AvgIpc) is 3.35. The molecule has 1 aliphatic rings. The van der Waals surface area contributed by atoms with Gasteiger partial charge < -0.3 is 9.47 Å². The van der Waals surface area contributed by atoms with Crippen molar-refractivity contribution < 1.29 is 4.79 Å². The molecule has 31 heavy (non-hydrogen) atoms. The summed E-state index contributed by atoms with van der Waals surface area (Å²) in [6.07, 6.45) is 4.72. The summed E-state index contributed by atoms with van der Waals surface area (Å²) in [6, 6.07) is 25.9. The number of imidazole rings is 1. The Labute approximate surface area is 186 Å². The fraction of sp³-hybridized carbons (Fsp3) is 0.154. The number of fused-ring (bicyclic) bond motifs is 1. The normalized spacial score (nSPS) is 16.6. The highest BCUT2D eigenvalue weighted by Gasteiger charge is 2.34. The number of hydrogen-bond acceptors (Lipinski definition) is 2. The fourth-order valence-electron chi connectivity index (χ4n) is 4.23. The lowest BCUT2D eigenvalue weighted by molar-refractivity contribution is -0.117. The van der Waals surface area contributed by atoms with Gasteiger partial charge in [0.25, 0.3) is 0 Å². The van der Waals surface area contributed by atoms with Crippen LogP contribution in [0.4, 0.5) is 5.69 Å². The number of anilines is 1. The molecule has 4 nitrogen and oxygen atoms in total. The molecular weight excluding hydrogens is 406 g/mol. The highest BCUT2D eigenvalue weighted by molar-refractivity contribution is 6.30. The summed E-state index contributed by atoms with van der Waals surface area (Å²) < 4.78 is 2.23. The standard InChI is InChI=1S/C26H22ClN3O/c27-21-11-6-12-22(17-21)30-18-20(16-25(30)31)26-28-23-13-4-5-14-24(23)29(26)15-7-10-19-8-2-1-3-9-19/h1-14,17,20H,15-16,18H2/b10-7-. The molecule has 0 spiro atoms. The molecule has 0 N–H and O–H groups in total. The van der Waals surface area contributed by atoms with Crippen LogP contribution >= 0.6 is 11.6 Å². The van der Waals surface area contributed by atoms with Crippen LogP contribution in [0, 0.1) is 0 Å². The predicted octanol–water partition coefficient (Wildman–Crippen LogP) is 5.92. The first-order chi connectivity index (χ1) is 15.2. The Kier molecular flexibility index (Phi) is 5.31. The Morgan fingerprint density at radius 3 is 2.65 bits per heavy atom. The maximum Gasteiger partial charge on any atom is 0.227 e. The van der Waals surface area contributed by atoms with Gasteiger partial charge in [0, 0.05) is 36.1 Å². The zero-order valence-electron chi connectivity index (χ0n) is 17.0. The first kappa shape index (κ1) is 19.6. The molecule has 5 rings (SSSR count). The van der Waals surface area contributed by atoms with Crippen LogP contribution in [0.1, 0.15) is 23.7 Å². The van der Waals surface area contributed by atoms with Gasteiger partial charge in [-0.15, -0.1) is 0 Å². The molecule has 154 valence electrons. The van der Waals surface area contributed by atoms with E-state index in [0.717, 1.165) is 28.1 Å². The molecule has 4 aromatic rings. The van der Waals surface area contributed by atoms with Gasteiger partial charge in [-0.3, -0.25) is 4.79 Å². The SMILES string of the molecule is O=C1CC(c2nc3ccccc3n2C/C=C\c2ccccc2)CN1c1cccc(Cl)c1. The molecule has 1 amide bonds. The largest absolute Gasteiger partial charge is 0.324 e. The minimum atomic E-state index is 0.0315. The number of carbonyl (C=O) groups excluding carboxylic acids is 1. The number of benzene rings is 3. The summed E-state index contributed by atoms with van der Waals surface area (Å²) >= 11 is 6.15. The van der Waals surface area contributed by atoms with Gasteiger partial charge in [-0.05, 0) is 35.9 Å². The fourth-order valence-corrected chi connectivity index (χ4v) is 4.41. The highest BCUT2D eigenvalue weighted by Crippen LogP contribution is 2.34. The number of nitrogens with zero attached hydrogens (tertiary/aromatic N) is 3. The lowest BCUT2D eigenvalue weighted by atomic mass is 10.1. The number of aromatic nitrogens is 2. The minimum absolute atomic E-state index is 0.0315. The van der Waals surface area contributed by atoms with E-state index in [1.807, 2.05) is 65.6 Å². The van der Waals surface area contributed by atoms with Crippen LogP contribution in [0.15, 0.2) is 84.9 Å². The molecule has 0 aliphatic carbocycles. The Morgan fingerprint density at radius 2 is 1.81 bits per heavy atom. The zero-order valence-corrected chi connectivity index (χ0v) is 17.7. The van der Waals surface area contributed by atoms with E-state index in [4.69, 9.17) is 16.6 Å². The van der Waals surface area contributed by atoms with Crippen LogP contribution in [0.2, 0.25) is 5.02 Å². The first-order valence-corrected chi connectivity index (χ1v) is 10.8. The lowest BCUT2D eigenvalue weighted by Gasteiger charge is -2.17. The molecule has 1 atom stereocenters. The second kappa shape index (κ2) is 8.40. The van der Waals surface area contributed by atoms with Gasteiger partial charge in [0.05, 0.1) is 11.0 Å². The lowest BCUT2D eigenvalue weighted by Crippen LogP contribution is -2.24. The van der Waals surface area contributed by atoms with Crippen LogP contribution in [0.5, 0.6) is 0 Å². The van der Waals surface area contributed by atoms with Gasteiger partial charge in [-0.2, -0.15) is 0 Å². The molecule has 1 aromatic heterocycles. The molecule has 0 bridgehead atoms.